The van der Waals surface area contributed by atoms with Crippen molar-refractivity contribution in [2.75, 3.05) is 18.5 Å². The van der Waals surface area contributed by atoms with Gasteiger partial charge in [-0.05, 0) is 5.92 Å². The summed E-state index contributed by atoms with van der Waals surface area (Å²) in [5, 5.41) is 2.80. The molecule has 1 aromatic heterocycles. The number of hydrogen-bond acceptors (Lipinski definition) is 5. The molecule has 15 heavy (non-hydrogen) atoms. The Morgan fingerprint density at radius 3 is 3.07 bits per heavy atom. The van der Waals surface area contributed by atoms with E-state index in [-0.39, 0.29) is 12.5 Å². The van der Waals surface area contributed by atoms with Gasteiger partial charge in [-0.3, -0.25) is 4.79 Å². The smallest absolute Gasteiger partial charge is 0.325 e. The highest BCUT2D eigenvalue weighted by Crippen LogP contribution is 1.97. The minimum atomic E-state index is -0.293. The average Bonchev–Trinajstić information content (AvgIpc) is 2.25. The van der Waals surface area contributed by atoms with Crippen molar-refractivity contribution in [3.8, 4) is 0 Å². The minimum absolute atomic E-state index is 0.103. The lowest BCUT2D eigenvalue weighted by Crippen LogP contribution is -2.19. The lowest BCUT2D eigenvalue weighted by molar-refractivity contribution is -0.142. The highest BCUT2D eigenvalue weighted by atomic mass is 16.5. The second kappa shape index (κ2) is 5.95. The summed E-state index contributed by atoms with van der Waals surface area (Å²) < 4.78 is 4.97. The number of nitrogens with zero attached hydrogens (tertiary/aromatic N) is 2. The zero-order chi connectivity index (χ0) is 11.1. The van der Waals surface area contributed by atoms with Gasteiger partial charge in [0, 0.05) is 0 Å². The molecule has 0 amide bonds. The molecule has 0 saturated heterocycles. The van der Waals surface area contributed by atoms with Crippen LogP contribution in [0.25, 0.3) is 0 Å². The molecule has 0 bridgehead atoms. The summed E-state index contributed by atoms with van der Waals surface area (Å²) in [4.78, 5) is 18.8. The lowest BCUT2D eigenvalue weighted by Gasteiger charge is -2.07. The minimum Gasteiger partial charge on any atom is -0.464 e. The van der Waals surface area contributed by atoms with E-state index in [2.05, 4.69) is 21.5 Å². The lowest BCUT2D eigenvalue weighted by atomic mass is 10.2. The molecule has 0 spiro atoms. The van der Waals surface area contributed by atoms with E-state index in [0.717, 1.165) is 0 Å². The number of rotatable bonds is 5. The summed E-state index contributed by atoms with van der Waals surface area (Å²) in [6.45, 7) is 4.51. The van der Waals surface area contributed by atoms with Crippen molar-refractivity contribution in [1.29, 1.82) is 0 Å². The van der Waals surface area contributed by atoms with E-state index < -0.39 is 0 Å². The van der Waals surface area contributed by atoms with Crippen LogP contribution in [0.1, 0.15) is 13.8 Å². The molecule has 0 saturated carbocycles. The van der Waals surface area contributed by atoms with Crippen LogP contribution in [-0.2, 0) is 9.53 Å². The van der Waals surface area contributed by atoms with Crippen molar-refractivity contribution < 1.29 is 9.53 Å². The van der Waals surface area contributed by atoms with E-state index in [1.54, 1.807) is 0 Å². The molecule has 5 nitrogen and oxygen atoms in total. The molecule has 1 aromatic rings. The molecule has 5 heteroatoms. The van der Waals surface area contributed by atoms with E-state index >= 15 is 0 Å². The molecule has 0 aliphatic carbocycles. The number of nitrogens with one attached hydrogen (secondary N) is 1. The van der Waals surface area contributed by atoms with Gasteiger partial charge in [0.05, 0.1) is 19.0 Å². The summed E-state index contributed by atoms with van der Waals surface area (Å²) in [5.41, 5.74) is 0. The summed E-state index contributed by atoms with van der Waals surface area (Å²) in [6, 6.07) is 0. The Kier molecular flexibility index (Phi) is 4.53. The highest BCUT2D eigenvalue weighted by molar-refractivity contribution is 5.74. The average molecular weight is 208 g/mol. The third-order valence-corrected chi connectivity index (χ3v) is 1.51. The Bertz CT molecular complexity index is 301. The van der Waals surface area contributed by atoms with Crippen LogP contribution in [0, 0.1) is 12.1 Å². The largest absolute Gasteiger partial charge is 0.464 e. The van der Waals surface area contributed by atoms with Crippen molar-refractivity contribution in [1.82, 2.24) is 9.97 Å². The fourth-order valence-electron chi connectivity index (χ4n) is 0.828. The van der Waals surface area contributed by atoms with Gasteiger partial charge in [-0.25, -0.2) is 9.97 Å². The number of hydrogen-bond donors (Lipinski definition) is 1. The second-order valence-corrected chi connectivity index (χ2v) is 3.46. The number of ether oxygens (including phenoxy) is 1. The van der Waals surface area contributed by atoms with E-state index in [9.17, 15) is 4.79 Å². The first-order valence-corrected chi connectivity index (χ1v) is 4.76. The Balaban J connectivity index is 2.23. The second-order valence-electron chi connectivity index (χ2n) is 3.46. The van der Waals surface area contributed by atoms with Crippen LogP contribution in [-0.4, -0.2) is 29.1 Å². The molecular formula is C10H14N3O2. The first-order chi connectivity index (χ1) is 7.18. The van der Waals surface area contributed by atoms with Crippen LogP contribution < -0.4 is 5.32 Å². The van der Waals surface area contributed by atoms with Crippen LogP contribution in [0.3, 0.4) is 0 Å². The predicted octanol–water partition coefficient (Wildman–Crippen LogP) is 0.888. The van der Waals surface area contributed by atoms with Crippen LogP contribution in [0.4, 0.5) is 5.82 Å². The quantitative estimate of drug-likeness (QED) is 0.728. The first kappa shape index (κ1) is 11.4. The third kappa shape index (κ3) is 4.95. The Labute approximate surface area is 88.9 Å². The van der Waals surface area contributed by atoms with Gasteiger partial charge >= 0.3 is 5.97 Å². The van der Waals surface area contributed by atoms with Crippen molar-refractivity contribution in [3.05, 3.63) is 18.6 Å². The van der Waals surface area contributed by atoms with E-state index in [4.69, 9.17) is 4.74 Å². The molecule has 0 aliphatic heterocycles. The molecule has 0 aromatic carbocycles. The van der Waals surface area contributed by atoms with E-state index in [0.29, 0.717) is 18.3 Å². The number of esters is 1. The molecule has 1 N–H and O–H groups in total. The maximum Gasteiger partial charge on any atom is 0.325 e. The summed E-state index contributed by atoms with van der Waals surface area (Å²) in [7, 11) is 0. The molecule has 81 valence electrons. The van der Waals surface area contributed by atoms with E-state index in [1.165, 1.54) is 12.4 Å². The topological polar surface area (TPSA) is 64.1 Å². The highest BCUT2D eigenvalue weighted by Gasteiger charge is 2.04. The molecule has 1 radical (unpaired) electrons. The zero-order valence-corrected chi connectivity index (χ0v) is 8.86. The zero-order valence-electron chi connectivity index (χ0n) is 8.86. The summed E-state index contributed by atoms with van der Waals surface area (Å²) in [5.74, 6) is 0.591. The standard InChI is InChI=1S/C10H14N3O2/c1-8(2)7-15-10(14)6-13-9-5-11-3-4-12-9/h4-5,8H,6-7H2,1-2H3,(H,12,13). The fraction of sp³-hybridized carbons (Fsp3) is 0.500. The Hall–Kier alpha value is -1.65. The predicted molar refractivity (Wildman–Crippen MR) is 55.2 cm³/mol. The van der Waals surface area contributed by atoms with Gasteiger partial charge < -0.3 is 10.1 Å². The van der Waals surface area contributed by atoms with Crippen LogP contribution in [0.5, 0.6) is 0 Å². The number of anilines is 1. The molecule has 0 fully saturated rings. The third-order valence-electron chi connectivity index (χ3n) is 1.51. The van der Waals surface area contributed by atoms with Crippen molar-refractivity contribution >= 4 is 11.8 Å². The number of carbonyl (C=O) groups excluding carboxylic acids is 1. The first-order valence-electron chi connectivity index (χ1n) is 4.76. The van der Waals surface area contributed by atoms with E-state index in [1.807, 2.05) is 13.8 Å². The van der Waals surface area contributed by atoms with Gasteiger partial charge in [-0.15, -0.1) is 0 Å². The van der Waals surface area contributed by atoms with Crippen LogP contribution >= 0.6 is 0 Å². The van der Waals surface area contributed by atoms with Crippen molar-refractivity contribution in [2.45, 2.75) is 13.8 Å². The van der Waals surface area contributed by atoms with Crippen LogP contribution in [0.15, 0.2) is 12.4 Å². The Morgan fingerprint density at radius 2 is 2.47 bits per heavy atom. The van der Waals surface area contributed by atoms with Gasteiger partial charge in [0.25, 0.3) is 0 Å². The fourth-order valence-corrected chi connectivity index (χ4v) is 0.828. The summed E-state index contributed by atoms with van der Waals surface area (Å²) >= 11 is 0. The van der Waals surface area contributed by atoms with Gasteiger partial charge in [0.2, 0.25) is 0 Å². The summed E-state index contributed by atoms with van der Waals surface area (Å²) in [6.07, 6.45) is 5.47. The molecule has 1 heterocycles. The molecule has 0 aliphatic rings. The maximum absolute atomic E-state index is 11.2. The molecular weight excluding hydrogens is 194 g/mol. The van der Waals surface area contributed by atoms with Crippen molar-refractivity contribution in [3.63, 3.8) is 0 Å². The van der Waals surface area contributed by atoms with Crippen LogP contribution in [0.2, 0.25) is 0 Å². The monoisotopic (exact) mass is 208 g/mol. The molecule has 0 unspecified atom stereocenters. The molecule has 1 rings (SSSR count). The number of carbonyl (C=O) groups is 1. The van der Waals surface area contributed by atoms with Crippen molar-refractivity contribution in [2.24, 2.45) is 5.92 Å². The normalized spacial score (nSPS) is 10.1. The van der Waals surface area contributed by atoms with Gasteiger partial charge in [-0.1, -0.05) is 13.8 Å². The molecule has 0 atom stereocenters. The van der Waals surface area contributed by atoms with Gasteiger partial charge in [0.15, 0.2) is 0 Å². The number of aromatic nitrogens is 2. The maximum atomic E-state index is 11.2. The van der Waals surface area contributed by atoms with Gasteiger partial charge in [0.1, 0.15) is 18.6 Å². The van der Waals surface area contributed by atoms with Gasteiger partial charge in [-0.2, -0.15) is 0 Å². The Morgan fingerprint density at radius 1 is 1.67 bits per heavy atom. The SMILES string of the molecule is CC(C)COC(=O)CNc1cn[c]cn1.